The normalized spacial score (nSPS) is 21.4. The minimum Gasteiger partial charge on any atom is -0.384 e. The van der Waals surface area contributed by atoms with Crippen molar-refractivity contribution in [2.24, 2.45) is 5.41 Å². The first kappa shape index (κ1) is 18.7. The quantitative estimate of drug-likeness (QED) is 0.800. The van der Waals surface area contributed by atoms with Crippen molar-refractivity contribution in [1.29, 1.82) is 0 Å². The van der Waals surface area contributed by atoms with E-state index in [1.807, 2.05) is 12.1 Å². The summed E-state index contributed by atoms with van der Waals surface area (Å²) in [7, 11) is 1.68. The first-order valence-corrected chi connectivity index (χ1v) is 9.79. The molecule has 1 unspecified atom stereocenters. The number of rotatable bonds is 7. The molecule has 1 aliphatic carbocycles. The third kappa shape index (κ3) is 4.36. The molecule has 1 aliphatic heterocycles. The largest absolute Gasteiger partial charge is 0.384 e. The minimum absolute atomic E-state index is 0.150. The van der Waals surface area contributed by atoms with Crippen molar-refractivity contribution in [2.75, 3.05) is 33.4 Å². The van der Waals surface area contributed by atoms with Crippen LogP contribution in [0.5, 0.6) is 0 Å². The summed E-state index contributed by atoms with van der Waals surface area (Å²) in [5, 5.41) is 3.98. The Balaban J connectivity index is 1.69. The molecule has 1 aromatic carbocycles. The first-order valence-electron chi connectivity index (χ1n) is 9.41. The van der Waals surface area contributed by atoms with Gasteiger partial charge in [-0.2, -0.15) is 0 Å². The van der Waals surface area contributed by atoms with Gasteiger partial charge in [-0.15, -0.1) is 0 Å². The lowest BCUT2D eigenvalue weighted by Crippen LogP contribution is -2.50. The molecule has 0 aromatic heterocycles. The fourth-order valence-electron chi connectivity index (χ4n) is 4.07. The van der Waals surface area contributed by atoms with Gasteiger partial charge in [0.1, 0.15) is 0 Å². The maximum absolute atomic E-state index is 12.8. The van der Waals surface area contributed by atoms with Gasteiger partial charge in [0, 0.05) is 18.7 Å². The molecule has 2 fully saturated rings. The summed E-state index contributed by atoms with van der Waals surface area (Å²) in [4.78, 5) is 15.3. The Kier molecular flexibility index (Phi) is 6.37. The molecule has 0 radical (unpaired) electrons. The molecule has 2 aliphatic rings. The predicted octanol–water partition coefficient (Wildman–Crippen LogP) is 3.80. The Labute approximate surface area is 155 Å². The summed E-state index contributed by atoms with van der Waals surface area (Å²) in [6.07, 6.45) is 6.73. The van der Waals surface area contributed by atoms with E-state index in [0.717, 1.165) is 37.4 Å². The van der Waals surface area contributed by atoms with Gasteiger partial charge in [-0.3, -0.25) is 9.69 Å². The summed E-state index contributed by atoms with van der Waals surface area (Å²) in [6, 6.07) is 8.26. The fourth-order valence-corrected chi connectivity index (χ4v) is 4.19. The molecule has 1 heterocycles. The van der Waals surface area contributed by atoms with Crippen LogP contribution in [0.2, 0.25) is 5.02 Å². The summed E-state index contributed by atoms with van der Waals surface area (Å²) < 4.78 is 5.31. The molecular weight excluding hydrogens is 336 g/mol. The predicted molar refractivity (Wildman–Crippen MR) is 101 cm³/mol. The van der Waals surface area contributed by atoms with E-state index in [0.29, 0.717) is 13.2 Å². The number of amides is 1. The molecule has 1 atom stereocenters. The van der Waals surface area contributed by atoms with Crippen LogP contribution in [0.4, 0.5) is 0 Å². The molecule has 0 spiro atoms. The highest BCUT2D eigenvalue weighted by Gasteiger charge is 2.44. The number of ether oxygens (including phenoxy) is 1. The monoisotopic (exact) mass is 364 g/mol. The molecule has 25 heavy (non-hydrogen) atoms. The SMILES string of the molecule is COCC1(C(=O)NCC(c2ccc(Cl)cc2)N2CCCCC2)CCC1. The zero-order valence-electron chi connectivity index (χ0n) is 15.1. The zero-order valence-corrected chi connectivity index (χ0v) is 15.9. The van der Waals surface area contributed by atoms with Gasteiger partial charge in [0.05, 0.1) is 18.1 Å². The number of hydrogen-bond donors (Lipinski definition) is 1. The number of nitrogens with zero attached hydrogens (tertiary/aromatic N) is 1. The van der Waals surface area contributed by atoms with E-state index < -0.39 is 0 Å². The summed E-state index contributed by atoms with van der Waals surface area (Å²) in [5.74, 6) is 0.150. The van der Waals surface area contributed by atoms with Crippen LogP contribution in [0.3, 0.4) is 0 Å². The summed E-state index contributed by atoms with van der Waals surface area (Å²) >= 11 is 6.05. The van der Waals surface area contributed by atoms with E-state index in [2.05, 4.69) is 22.3 Å². The van der Waals surface area contributed by atoms with Gasteiger partial charge in [0.2, 0.25) is 5.91 Å². The number of piperidine rings is 1. The van der Waals surface area contributed by atoms with E-state index >= 15 is 0 Å². The van der Waals surface area contributed by atoms with Crippen LogP contribution in [0, 0.1) is 5.41 Å². The van der Waals surface area contributed by atoms with Crippen LogP contribution < -0.4 is 5.32 Å². The van der Waals surface area contributed by atoms with Crippen molar-refractivity contribution in [3.63, 3.8) is 0 Å². The van der Waals surface area contributed by atoms with Crippen LogP contribution in [-0.4, -0.2) is 44.2 Å². The van der Waals surface area contributed by atoms with Crippen molar-refractivity contribution >= 4 is 17.5 Å². The third-order valence-electron chi connectivity index (χ3n) is 5.76. The van der Waals surface area contributed by atoms with Gasteiger partial charge in [0.15, 0.2) is 0 Å². The van der Waals surface area contributed by atoms with Crippen LogP contribution in [0.25, 0.3) is 0 Å². The van der Waals surface area contributed by atoms with Crippen LogP contribution in [-0.2, 0) is 9.53 Å². The van der Waals surface area contributed by atoms with Crippen molar-refractivity contribution in [3.8, 4) is 0 Å². The van der Waals surface area contributed by atoms with Crippen LogP contribution in [0.1, 0.15) is 50.1 Å². The zero-order chi connectivity index (χ0) is 17.7. The van der Waals surface area contributed by atoms with E-state index in [-0.39, 0.29) is 17.4 Å². The van der Waals surface area contributed by atoms with Crippen molar-refractivity contribution in [2.45, 2.75) is 44.6 Å². The Morgan fingerprint density at radius 2 is 1.88 bits per heavy atom. The third-order valence-corrected chi connectivity index (χ3v) is 6.01. The lowest BCUT2D eigenvalue weighted by molar-refractivity contribution is -0.140. The number of hydrogen-bond acceptors (Lipinski definition) is 3. The topological polar surface area (TPSA) is 41.6 Å². The molecule has 1 saturated heterocycles. The second-order valence-electron chi connectivity index (χ2n) is 7.44. The van der Waals surface area contributed by atoms with Crippen molar-refractivity contribution in [3.05, 3.63) is 34.9 Å². The van der Waals surface area contributed by atoms with Gasteiger partial charge < -0.3 is 10.1 Å². The van der Waals surface area contributed by atoms with E-state index in [1.54, 1.807) is 7.11 Å². The van der Waals surface area contributed by atoms with E-state index in [9.17, 15) is 4.79 Å². The molecule has 3 rings (SSSR count). The van der Waals surface area contributed by atoms with Crippen LogP contribution in [0.15, 0.2) is 24.3 Å². The molecule has 1 amide bonds. The van der Waals surface area contributed by atoms with E-state index in [4.69, 9.17) is 16.3 Å². The summed E-state index contributed by atoms with van der Waals surface area (Å²) in [5.41, 5.74) is 0.919. The Hall–Kier alpha value is -1.10. The van der Waals surface area contributed by atoms with Crippen molar-refractivity contribution in [1.82, 2.24) is 10.2 Å². The number of likely N-dealkylation sites (tertiary alicyclic amines) is 1. The number of benzene rings is 1. The average Bonchev–Trinajstić information content (AvgIpc) is 2.60. The highest BCUT2D eigenvalue weighted by molar-refractivity contribution is 6.30. The number of carbonyl (C=O) groups is 1. The van der Waals surface area contributed by atoms with Crippen molar-refractivity contribution < 1.29 is 9.53 Å². The molecule has 1 N–H and O–H groups in total. The summed E-state index contributed by atoms with van der Waals surface area (Å²) in [6.45, 7) is 3.35. The molecule has 138 valence electrons. The standard InChI is InChI=1S/C20H29ClN2O2/c1-25-15-20(10-5-11-20)19(24)22-14-18(23-12-3-2-4-13-23)16-6-8-17(21)9-7-16/h6-9,18H,2-5,10-15H2,1H3,(H,22,24). The Morgan fingerprint density at radius 1 is 1.20 bits per heavy atom. The lowest BCUT2D eigenvalue weighted by Gasteiger charge is -2.41. The maximum atomic E-state index is 12.8. The minimum atomic E-state index is -0.304. The lowest BCUT2D eigenvalue weighted by atomic mass is 9.68. The van der Waals surface area contributed by atoms with Gasteiger partial charge in [-0.1, -0.05) is 36.6 Å². The smallest absolute Gasteiger partial charge is 0.228 e. The highest BCUT2D eigenvalue weighted by Crippen LogP contribution is 2.41. The molecule has 0 bridgehead atoms. The number of nitrogens with one attached hydrogen (secondary N) is 1. The fraction of sp³-hybridized carbons (Fsp3) is 0.650. The van der Waals surface area contributed by atoms with Gasteiger partial charge in [0.25, 0.3) is 0 Å². The highest BCUT2D eigenvalue weighted by atomic mass is 35.5. The maximum Gasteiger partial charge on any atom is 0.228 e. The molecule has 1 aromatic rings. The second-order valence-corrected chi connectivity index (χ2v) is 7.88. The number of methoxy groups -OCH3 is 1. The molecule has 1 saturated carbocycles. The second kappa shape index (κ2) is 8.52. The molecule has 4 nitrogen and oxygen atoms in total. The van der Waals surface area contributed by atoms with Gasteiger partial charge >= 0.3 is 0 Å². The van der Waals surface area contributed by atoms with Gasteiger partial charge in [-0.25, -0.2) is 0 Å². The first-order chi connectivity index (χ1) is 12.1. The van der Waals surface area contributed by atoms with Crippen LogP contribution >= 0.6 is 11.6 Å². The Morgan fingerprint density at radius 3 is 2.44 bits per heavy atom. The molecule has 5 heteroatoms. The Bertz CT molecular complexity index is 566. The number of halogens is 1. The number of carbonyl (C=O) groups excluding carboxylic acids is 1. The van der Waals surface area contributed by atoms with Gasteiger partial charge in [-0.05, 0) is 56.5 Å². The van der Waals surface area contributed by atoms with E-state index in [1.165, 1.54) is 24.8 Å². The average molecular weight is 365 g/mol. The molecular formula is C20H29ClN2O2.